The molecule has 12 heteroatoms. The summed E-state index contributed by atoms with van der Waals surface area (Å²) in [7, 11) is 0. The number of aryl methyl sites for hydroxylation is 1. The molecule has 2 aromatic carbocycles. The fourth-order valence-corrected chi connectivity index (χ4v) is 4.45. The molecule has 2 aromatic heterocycles. The molecular formula is C22H17Cl2N5O5. The standard InChI is InChI=1S/C22H17Cl2N5O5/c1-10-6-4-5-7-12(10)18-26-20(28-34-18)22(2,3)15-13(23)8-11(9-14(15)24)29-21(33)25-17(30)16(27-29)19(31)32/h4-9H,1-3H3,(H,31,32)(H,25,30,33). The lowest BCUT2D eigenvalue weighted by molar-refractivity contribution is 0.0685. The summed E-state index contributed by atoms with van der Waals surface area (Å²) in [5.74, 6) is -0.920. The first-order valence-electron chi connectivity index (χ1n) is 9.87. The molecule has 0 fully saturated rings. The van der Waals surface area contributed by atoms with E-state index < -0.39 is 28.3 Å². The fraction of sp³-hybridized carbons (Fsp3) is 0.182. The number of benzene rings is 2. The van der Waals surface area contributed by atoms with Gasteiger partial charge < -0.3 is 9.63 Å². The van der Waals surface area contributed by atoms with Gasteiger partial charge in [-0.3, -0.25) is 9.78 Å². The van der Waals surface area contributed by atoms with Crippen LogP contribution in [0.15, 0.2) is 50.5 Å². The number of halogens is 2. The van der Waals surface area contributed by atoms with Crippen LogP contribution in [0.4, 0.5) is 0 Å². The van der Waals surface area contributed by atoms with Crippen LogP contribution >= 0.6 is 23.2 Å². The predicted molar refractivity (Wildman–Crippen MR) is 124 cm³/mol. The molecule has 0 unspecified atom stereocenters. The Bertz CT molecular complexity index is 1530. The van der Waals surface area contributed by atoms with E-state index in [-0.39, 0.29) is 15.7 Å². The molecule has 4 aromatic rings. The molecule has 0 bridgehead atoms. The second-order valence-corrected chi connectivity index (χ2v) is 8.79. The molecule has 0 aliphatic heterocycles. The summed E-state index contributed by atoms with van der Waals surface area (Å²) in [6.45, 7) is 5.54. The number of aromatic nitrogens is 5. The van der Waals surface area contributed by atoms with Crippen LogP contribution in [0.1, 0.15) is 41.3 Å². The number of hydrogen-bond donors (Lipinski definition) is 2. The van der Waals surface area contributed by atoms with Crippen LogP contribution in [-0.2, 0) is 5.41 Å². The lowest BCUT2D eigenvalue weighted by Crippen LogP contribution is -2.35. The highest BCUT2D eigenvalue weighted by molar-refractivity contribution is 6.36. The van der Waals surface area contributed by atoms with Gasteiger partial charge in [-0.15, -0.1) is 0 Å². The maximum Gasteiger partial charge on any atom is 0.362 e. The van der Waals surface area contributed by atoms with Crippen molar-refractivity contribution in [3.8, 4) is 17.1 Å². The van der Waals surface area contributed by atoms with Gasteiger partial charge in [-0.05, 0) is 44.5 Å². The topological polar surface area (TPSA) is 144 Å². The van der Waals surface area contributed by atoms with Crippen LogP contribution in [0.2, 0.25) is 10.0 Å². The third kappa shape index (κ3) is 4.02. The van der Waals surface area contributed by atoms with Gasteiger partial charge in [0, 0.05) is 21.2 Å². The van der Waals surface area contributed by atoms with Gasteiger partial charge >= 0.3 is 11.7 Å². The molecule has 2 heterocycles. The number of carboxylic acids is 1. The number of aromatic amines is 1. The number of aromatic carboxylic acids is 1. The highest BCUT2D eigenvalue weighted by Gasteiger charge is 2.34. The van der Waals surface area contributed by atoms with E-state index >= 15 is 0 Å². The van der Waals surface area contributed by atoms with Crippen molar-refractivity contribution in [1.82, 2.24) is 24.9 Å². The van der Waals surface area contributed by atoms with Crippen molar-refractivity contribution in [3.05, 3.63) is 89.9 Å². The average Bonchev–Trinajstić information content (AvgIpc) is 3.24. The van der Waals surface area contributed by atoms with Crippen LogP contribution in [0.5, 0.6) is 0 Å². The summed E-state index contributed by atoms with van der Waals surface area (Å²) in [6.07, 6.45) is 0. The van der Waals surface area contributed by atoms with Gasteiger partial charge in [-0.1, -0.05) is 46.6 Å². The van der Waals surface area contributed by atoms with E-state index in [1.54, 1.807) is 13.8 Å². The van der Waals surface area contributed by atoms with E-state index in [1.165, 1.54) is 12.1 Å². The van der Waals surface area contributed by atoms with E-state index in [1.807, 2.05) is 36.2 Å². The van der Waals surface area contributed by atoms with Crippen molar-refractivity contribution in [1.29, 1.82) is 0 Å². The molecule has 34 heavy (non-hydrogen) atoms. The zero-order valence-electron chi connectivity index (χ0n) is 18.1. The van der Waals surface area contributed by atoms with Crippen LogP contribution in [0.3, 0.4) is 0 Å². The van der Waals surface area contributed by atoms with Crippen molar-refractivity contribution < 1.29 is 14.4 Å². The minimum absolute atomic E-state index is 0.0620. The van der Waals surface area contributed by atoms with E-state index in [9.17, 15) is 14.4 Å². The van der Waals surface area contributed by atoms with Gasteiger partial charge in [-0.25, -0.2) is 9.59 Å². The molecule has 0 atom stereocenters. The van der Waals surface area contributed by atoms with E-state index in [0.717, 1.165) is 11.1 Å². The molecule has 0 radical (unpaired) electrons. The van der Waals surface area contributed by atoms with Crippen LogP contribution in [-0.4, -0.2) is 36.0 Å². The normalized spacial score (nSPS) is 11.6. The summed E-state index contributed by atoms with van der Waals surface area (Å²) < 4.78 is 6.18. The van der Waals surface area contributed by atoms with Gasteiger partial charge in [0.2, 0.25) is 5.69 Å². The molecule has 10 nitrogen and oxygen atoms in total. The number of nitrogens with zero attached hydrogens (tertiary/aromatic N) is 4. The maximum atomic E-state index is 12.2. The van der Waals surface area contributed by atoms with Gasteiger partial charge in [0.1, 0.15) is 0 Å². The van der Waals surface area contributed by atoms with Crippen molar-refractivity contribution in [2.75, 3.05) is 0 Å². The summed E-state index contributed by atoms with van der Waals surface area (Å²) in [5.41, 5.74) is -1.56. The number of H-pyrrole nitrogens is 1. The van der Waals surface area contributed by atoms with Gasteiger partial charge in [0.05, 0.1) is 11.1 Å². The third-order valence-electron chi connectivity index (χ3n) is 5.29. The molecule has 0 spiro atoms. The number of carboxylic acid groups (broad SMARTS) is 1. The summed E-state index contributed by atoms with van der Waals surface area (Å²) in [5, 5.41) is 17.2. The van der Waals surface area contributed by atoms with E-state index in [4.69, 9.17) is 32.8 Å². The number of rotatable bonds is 5. The highest BCUT2D eigenvalue weighted by Crippen LogP contribution is 2.41. The van der Waals surface area contributed by atoms with Gasteiger partial charge in [0.15, 0.2) is 5.82 Å². The first kappa shape index (κ1) is 23.4. The molecule has 0 saturated heterocycles. The second kappa shape index (κ2) is 8.54. The van der Waals surface area contributed by atoms with Gasteiger partial charge in [-0.2, -0.15) is 14.8 Å². The molecule has 2 N–H and O–H groups in total. The second-order valence-electron chi connectivity index (χ2n) is 7.97. The lowest BCUT2D eigenvalue weighted by atomic mass is 9.83. The molecule has 174 valence electrons. The smallest absolute Gasteiger partial charge is 0.362 e. The Morgan fingerprint density at radius 1 is 1.15 bits per heavy atom. The first-order valence-corrected chi connectivity index (χ1v) is 10.6. The average molecular weight is 502 g/mol. The molecule has 0 saturated carbocycles. The summed E-state index contributed by atoms with van der Waals surface area (Å²) in [4.78, 5) is 41.6. The molecule has 0 aliphatic rings. The fourth-order valence-electron chi connectivity index (χ4n) is 3.51. The zero-order chi connectivity index (χ0) is 24.8. The quantitative estimate of drug-likeness (QED) is 0.421. The first-order chi connectivity index (χ1) is 16.0. The summed E-state index contributed by atoms with van der Waals surface area (Å²) >= 11 is 13.1. The van der Waals surface area contributed by atoms with Crippen LogP contribution < -0.4 is 11.2 Å². The molecule has 4 rings (SSSR count). The predicted octanol–water partition coefficient (Wildman–Crippen LogP) is 3.61. The minimum Gasteiger partial charge on any atom is -0.476 e. The number of nitrogens with one attached hydrogen (secondary N) is 1. The van der Waals surface area contributed by atoms with Crippen molar-refractivity contribution >= 4 is 29.2 Å². The Balaban J connectivity index is 1.80. The Morgan fingerprint density at radius 3 is 2.41 bits per heavy atom. The Labute approximate surface area is 201 Å². The van der Waals surface area contributed by atoms with E-state index in [2.05, 4.69) is 15.2 Å². The van der Waals surface area contributed by atoms with Crippen molar-refractivity contribution in [2.45, 2.75) is 26.2 Å². The van der Waals surface area contributed by atoms with E-state index in [0.29, 0.717) is 22.0 Å². The SMILES string of the molecule is Cc1ccccc1-c1nc(C(C)(C)c2c(Cl)cc(-n3nc(C(=O)O)c(=O)[nH]c3=O)cc2Cl)no1. The highest BCUT2D eigenvalue weighted by atomic mass is 35.5. The van der Waals surface area contributed by atoms with Gasteiger partial charge in [0.25, 0.3) is 11.4 Å². The van der Waals surface area contributed by atoms with Crippen molar-refractivity contribution in [3.63, 3.8) is 0 Å². The Hall–Kier alpha value is -3.76. The third-order valence-corrected chi connectivity index (χ3v) is 5.88. The summed E-state index contributed by atoms with van der Waals surface area (Å²) in [6, 6.07) is 10.3. The number of carbonyl (C=O) groups is 1. The Morgan fingerprint density at radius 2 is 1.79 bits per heavy atom. The lowest BCUT2D eigenvalue weighted by Gasteiger charge is -2.24. The molecule has 0 amide bonds. The minimum atomic E-state index is -1.59. The Kier molecular flexibility index (Phi) is 5.88. The van der Waals surface area contributed by atoms with Crippen molar-refractivity contribution in [2.24, 2.45) is 0 Å². The zero-order valence-corrected chi connectivity index (χ0v) is 19.6. The largest absolute Gasteiger partial charge is 0.476 e. The molecular weight excluding hydrogens is 485 g/mol. The maximum absolute atomic E-state index is 12.2. The number of hydrogen-bond acceptors (Lipinski definition) is 7. The van der Waals surface area contributed by atoms with Crippen LogP contribution in [0, 0.1) is 6.92 Å². The monoisotopic (exact) mass is 501 g/mol. The van der Waals surface area contributed by atoms with Crippen LogP contribution in [0.25, 0.3) is 17.1 Å². The molecule has 0 aliphatic carbocycles.